The van der Waals surface area contributed by atoms with E-state index in [2.05, 4.69) is 26.1 Å². The number of hydrogen-bond acceptors (Lipinski definition) is 3. The number of nitrogens with one attached hydrogen (secondary N) is 1. The van der Waals surface area contributed by atoms with E-state index in [0.717, 1.165) is 22.3 Å². The van der Waals surface area contributed by atoms with Crippen LogP contribution in [0, 0.1) is 0 Å². The second-order valence-corrected chi connectivity index (χ2v) is 7.53. The molecule has 0 aromatic heterocycles. The molecule has 5 heteroatoms. The van der Waals surface area contributed by atoms with Crippen molar-refractivity contribution in [3.05, 3.63) is 59.2 Å². The van der Waals surface area contributed by atoms with Crippen molar-refractivity contribution in [2.45, 2.75) is 45.6 Å². The Hall–Kier alpha value is -2.11. The minimum absolute atomic E-state index is 0.0329. The van der Waals surface area contributed by atoms with E-state index in [-0.39, 0.29) is 11.3 Å². The third-order valence-electron chi connectivity index (χ3n) is 4.59. The molecule has 4 nitrogen and oxygen atoms in total. The van der Waals surface area contributed by atoms with Crippen LogP contribution in [0.4, 0.5) is 5.69 Å². The number of benzene rings is 2. The van der Waals surface area contributed by atoms with Crippen LogP contribution in [-0.4, -0.2) is 18.0 Å². The van der Waals surface area contributed by atoms with Gasteiger partial charge in [0.05, 0.1) is 6.61 Å². The van der Waals surface area contributed by atoms with Gasteiger partial charge in [0.1, 0.15) is 0 Å². The van der Waals surface area contributed by atoms with Crippen LogP contribution in [0.2, 0.25) is 0 Å². The van der Waals surface area contributed by atoms with Gasteiger partial charge in [0.2, 0.25) is 5.91 Å². The zero-order valence-electron chi connectivity index (χ0n) is 15.0. The lowest BCUT2D eigenvalue weighted by Gasteiger charge is -2.19. The Morgan fingerprint density at radius 3 is 2.60 bits per heavy atom. The number of rotatable bonds is 4. The minimum atomic E-state index is -0.876. The van der Waals surface area contributed by atoms with Gasteiger partial charge in [-0.1, -0.05) is 51.1 Å². The molecule has 2 aromatic rings. The van der Waals surface area contributed by atoms with Crippen LogP contribution in [0.15, 0.2) is 42.5 Å². The van der Waals surface area contributed by atoms with Gasteiger partial charge in [-0.15, -0.1) is 0 Å². The summed E-state index contributed by atoms with van der Waals surface area (Å²) in [6.45, 7) is 6.92. The summed E-state index contributed by atoms with van der Waals surface area (Å²) in [7, 11) is -0.876. The van der Waals surface area contributed by atoms with Crippen molar-refractivity contribution in [2.75, 3.05) is 5.32 Å². The normalized spacial score (nSPS) is 13.7. The van der Waals surface area contributed by atoms with Gasteiger partial charge in [0.25, 0.3) is 0 Å². The number of anilines is 1. The van der Waals surface area contributed by atoms with Gasteiger partial charge in [-0.3, -0.25) is 4.79 Å². The minimum Gasteiger partial charge on any atom is -0.423 e. The highest BCUT2D eigenvalue weighted by Gasteiger charge is 2.29. The largest absolute Gasteiger partial charge is 0.492 e. The third-order valence-corrected chi connectivity index (χ3v) is 4.59. The molecule has 25 heavy (non-hydrogen) atoms. The van der Waals surface area contributed by atoms with Gasteiger partial charge in [-0.2, -0.15) is 0 Å². The Kier molecular flexibility index (Phi) is 4.97. The summed E-state index contributed by atoms with van der Waals surface area (Å²) >= 11 is 0. The fourth-order valence-corrected chi connectivity index (χ4v) is 3.10. The molecule has 2 aromatic carbocycles. The number of aryl methyl sites for hydroxylation is 1. The van der Waals surface area contributed by atoms with Crippen LogP contribution in [0.25, 0.3) is 0 Å². The molecule has 2 N–H and O–H groups in total. The second-order valence-electron chi connectivity index (χ2n) is 7.53. The summed E-state index contributed by atoms with van der Waals surface area (Å²) in [6, 6.07) is 13.8. The summed E-state index contributed by atoms with van der Waals surface area (Å²) in [4.78, 5) is 12.2. The molecule has 0 bridgehead atoms. The highest BCUT2D eigenvalue weighted by Crippen LogP contribution is 2.23. The van der Waals surface area contributed by atoms with E-state index in [1.165, 1.54) is 5.56 Å². The van der Waals surface area contributed by atoms with Gasteiger partial charge in [0, 0.05) is 12.1 Å². The maximum atomic E-state index is 12.2. The van der Waals surface area contributed by atoms with E-state index in [1.807, 2.05) is 42.5 Å². The molecule has 0 aliphatic carbocycles. The Bertz CT molecular complexity index is 766. The first-order valence-corrected chi connectivity index (χ1v) is 8.65. The van der Waals surface area contributed by atoms with Crippen LogP contribution in [0.1, 0.15) is 43.9 Å². The quantitative estimate of drug-likeness (QED) is 0.844. The SMILES string of the molecule is CC(C)(C)c1ccc(NC(=O)CCc2cccc3c2B(O)OC3)cc1. The van der Waals surface area contributed by atoms with Crippen LogP contribution in [0.3, 0.4) is 0 Å². The number of fused-ring (bicyclic) bond motifs is 1. The number of carbonyl (C=O) groups is 1. The standard InChI is InChI=1S/C20H24BNO3/c1-20(2,3)16-8-10-17(11-9-16)22-18(23)12-7-14-5-4-6-15-13-25-21(24)19(14)15/h4-6,8-11,24H,7,12-13H2,1-3H3,(H,22,23). The molecule has 0 radical (unpaired) electrons. The molecular formula is C20H24BNO3. The van der Waals surface area contributed by atoms with Crippen molar-refractivity contribution in [1.29, 1.82) is 0 Å². The molecule has 1 aliphatic heterocycles. The Labute approximate surface area is 149 Å². The fourth-order valence-electron chi connectivity index (χ4n) is 3.10. The second kappa shape index (κ2) is 7.02. The average molecular weight is 337 g/mol. The van der Waals surface area contributed by atoms with Crippen LogP contribution in [-0.2, 0) is 27.9 Å². The van der Waals surface area contributed by atoms with Gasteiger partial charge in [-0.05, 0) is 46.1 Å². The van der Waals surface area contributed by atoms with Crippen LogP contribution in [0.5, 0.6) is 0 Å². The van der Waals surface area contributed by atoms with Gasteiger partial charge < -0.3 is 15.0 Å². The summed E-state index contributed by atoms with van der Waals surface area (Å²) in [5.41, 5.74) is 4.94. The van der Waals surface area contributed by atoms with E-state index in [0.29, 0.717) is 19.4 Å². The molecule has 0 saturated heterocycles. The molecule has 1 heterocycles. The zero-order chi connectivity index (χ0) is 18.0. The van der Waals surface area contributed by atoms with E-state index < -0.39 is 7.12 Å². The first-order chi connectivity index (χ1) is 11.8. The summed E-state index contributed by atoms with van der Waals surface area (Å²) < 4.78 is 5.26. The molecule has 1 aliphatic rings. The van der Waals surface area contributed by atoms with Gasteiger partial charge in [-0.25, -0.2) is 0 Å². The summed E-state index contributed by atoms with van der Waals surface area (Å²) in [5, 5.41) is 12.9. The number of hydrogen-bond donors (Lipinski definition) is 2. The van der Waals surface area contributed by atoms with Gasteiger partial charge >= 0.3 is 7.12 Å². The highest BCUT2D eigenvalue weighted by atomic mass is 16.5. The monoisotopic (exact) mass is 337 g/mol. The first-order valence-electron chi connectivity index (χ1n) is 8.65. The summed E-state index contributed by atoms with van der Waals surface area (Å²) in [6.07, 6.45) is 0.944. The average Bonchev–Trinajstić information content (AvgIpc) is 2.95. The smallest absolute Gasteiger partial charge is 0.423 e. The van der Waals surface area contributed by atoms with E-state index in [4.69, 9.17) is 4.65 Å². The molecule has 130 valence electrons. The lowest BCUT2D eigenvalue weighted by atomic mass is 9.75. The molecule has 0 spiro atoms. The van der Waals surface area contributed by atoms with E-state index in [1.54, 1.807) is 0 Å². The van der Waals surface area contributed by atoms with Gasteiger partial charge in [0.15, 0.2) is 0 Å². The Morgan fingerprint density at radius 1 is 1.20 bits per heavy atom. The molecule has 0 unspecified atom stereocenters. The maximum absolute atomic E-state index is 12.2. The van der Waals surface area contributed by atoms with E-state index in [9.17, 15) is 9.82 Å². The molecule has 0 fully saturated rings. The topological polar surface area (TPSA) is 58.6 Å². The molecule has 0 atom stereocenters. The first kappa shape index (κ1) is 17.7. The molecule has 3 rings (SSSR count). The third kappa shape index (κ3) is 4.11. The number of amides is 1. The van der Waals surface area contributed by atoms with Crippen molar-refractivity contribution >= 4 is 24.2 Å². The maximum Gasteiger partial charge on any atom is 0.492 e. The van der Waals surface area contributed by atoms with Crippen molar-refractivity contribution in [3.63, 3.8) is 0 Å². The lowest BCUT2D eigenvalue weighted by molar-refractivity contribution is -0.116. The van der Waals surface area contributed by atoms with Crippen molar-refractivity contribution in [2.24, 2.45) is 0 Å². The summed E-state index contributed by atoms with van der Waals surface area (Å²) in [5.74, 6) is -0.0329. The molecule has 0 saturated carbocycles. The molecular weight excluding hydrogens is 313 g/mol. The lowest BCUT2D eigenvalue weighted by Crippen LogP contribution is -2.31. The van der Waals surface area contributed by atoms with E-state index >= 15 is 0 Å². The van der Waals surface area contributed by atoms with Crippen molar-refractivity contribution in [3.8, 4) is 0 Å². The van der Waals surface area contributed by atoms with Crippen molar-refractivity contribution in [1.82, 2.24) is 0 Å². The van der Waals surface area contributed by atoms with Crippen molar-refractivity contribution < 1.29 is 14.5 Å². The highest BCUT2D eigenvalue weighted by molar-refractivity contribution is 6.62. The van der Waals surface area contributed by atoms with Crippen LogP contribution < -0.4 is 10.8 Å². The van der Waals surface area contributed by atoms with Crippen LogP contribution >= 0.6 is 0 Å². The zero-order valence-corrected chi connectivity index (χ0v) is 15.0. The fraction of sp³-hybridized carbons (Fsp3) is 0.350. The predicted octanol–water partition coefficient (Wildman–Crippen LogP) is 2.77. The predicted molar refractivity (Wildman–Crippen MR) is 101 cm³/mol. The Morgan fingerprint density at radius 2 is 1.92 bits per heavy atom. The number of carbonyl (C=O) groups excluding carboxylic acids is 1. The Balaban J connectivity index is 1.60. The molecule has 1 amide bonds.